The summed E-state index contributed by atoms with van der Waals surface area (Å²) in [5, 5.41) is 22.2. The molecule has 0 saturated heterocycles. The highest BCUT2D eigenvalue weighted by molar-refractivity contribution is 5.89. The first kappa shape index (κ1) is 22.7. The van der Waals surface area contributed by atoms with E-state index < -0.39 is 23.2 Å². The third-order valence-corrected chi connectivity index (χ3v) is 8.45. The van der Waals surface area contributed by atoms with Gasteiger partial charge in [0, 0.05) is 20.0 Å². The molecule has 166 valence electrons. The zero-order valence-electron chi connectivity index (χ0n) is 18.9. The SMILES string of the molecule is CO[C@@H]1[C@H]2C[C@@](C)(O)[C@@H](O)C[C@H]3C(C)(C)C[C@H](OC(C)=O)[C@@]3(C)C(=O)[C@H]2C[C@H]1C. The van der Waals surface area contributed by atoms with Crippen molar-refractivity contribution in [1.82, 2.24) is 0 Å². The Labute approximate surface area is 174 Å². The molecule has 0 aromatic carbocycles. The second kappa shape index (κ2) is 7.31. The van der Waals surface area contributed by atoms with Crippen molar-refractivity contribution in [2.75, 3.05) is 7.11 Å². The van der Waals surface area contributed by atoms with Gasteiger partial charge in [-0.2, -0.15) is 0 Å². The summed E-state index contributed by atoms with van der Waals surface area (Å²) in [5.41, 5.74) is -2.53. The Bertz CT molecular complexity index is 670. The number of carbonyl (C=O) groups is 2. The molecular formula is C23H38O6. The van der Waals surface area contributed by atoms with Crippen molar-refractivity contribution in [3.8, 4) is 0 Å². The first-order chi connectivity index (χ1) is 13.3. The Morgan fingerprint density at radius 3 is 2.31 bits per heavy atom. The van der Waals surface area contributed by atoms with Gasteiger partial charge in [-0.15, -0.1) is 0 Å². The molecule has 3 aliphatic rings. The molecule has 3 saturated carbocycles. The van der Waals surface area contributed by atoms with Gasteiger partial charge in [-0.3, -0.25) is 9.59 Å². The third kappa shape index (κ3) is 3.55. The van der Waals surface area contributed by atoms with Crippen LogP contribution in [0.25, 0.3) is 0 Å². The van der Waals surface area contributed by atoms with Crippen molar-refractivity contribution in [3.63, 3.8) is 0 Å². The fourth-order valence-corrected chi connectivity index (χ4v) is 6.94. The van der Waals surface area contributed by atoms with E-state index >= 15 is 0 Å². The van der Waals surface area contributed by atoms with Crippen LogP contribution in [0, 0.1) is 34.5 Å². The maximum absolute atomic E-state index is 14.1. The fraction of sp³-hybridized carbons (Fsp3) is 0.913. The molecule has 0 heterocycles. The third-order valence-electron chi connectivity index (χ3n) is 8.45. The smallest absolute Gasteiger partial charge is 0.302 e. The van der Waals surface area contributed by atoms with Crippen molar-refractivity contribution in [3.05, 3.63) is 0 Å². The lowest BCUT2D eigenvalue weighted by atomic mass is 9.63. The largest absolute Gasteiger partial charge is 0.461 e. The summed E-state index contributed by atoms with van der Waals surface area (Å²) in [6, 6.07) is 0. The van der Waals surface area contributed by atoms with Crippen molar-refractivity contribution in [2.45, 2.75) is 91.1 Å². The number of fused-ring (bicyclic) bond motifs is 2. The minimum Gasteiger partial charge on any atom is -0.461 e. The lowest BCUT2D eigenvalue weighted by molar-refractivity contribution is -0.159. The van der Waals surface area contributed by atoms with Crippen LogP contribution in [0.1, 0.15) is 67.2 Å². The predicted octanol–water partition coefficient (Wildman–Crippen LogP) is 2.73. The van der Waals surface area contributed by atoms with Crippen LogP contribution in [0.15, 0.2) is 0 Å². The lowest BCUT2D eigenvalue weighted by Crippen LogP contribution is -2.48. The number of hydrogen-bond acceptors (Lipinski definition) is 6. The predicted molar refractivity (Wildman–Crippen MR) is 108 cm³/mol. The van der Waals surface area contributed by atoms with Crippen LogP contribution in [-0.4, -0.2) is 53.0 Å². The second-order valence-electron chi connectivity index (χ2n) is 11.0. The zero-order valence-corrected chi connectivity index (χ0v) is 18.9. The summed E-state index contributed by atoms with van der Waals surface area (Å²) >= 11 is 0. The Hall–Kier alpha value is -0.980. The standard InChI is InChI=1S/C23H38O6/c1-12-8-14-15(19(12)28-7)10-22(5,27)17(25)9-16-21(3,4)11-18(29-13(2)24)23(16,6)20(14)26/h12,14-19,25,27H,8-11H2,1-7H3/t12-,14+,15+,16+,17+,18+,19+,22-,23+/m1/s1. The normalized spacial score (nSPS) is 49.6. The van der Waals surface area contributed by atoms with Crippen LogP contribution in [0.4, 0.5) is 0 Å². The molecular weight excluding hydrogens is 372 g/mol. The monoisotopic (exact) mass is 410 g/mol. The molecule has 3 aliphatic carbocycles. The van der Waals surface area contributed by atoms with Crippen molar-refractivity contribution in [1.29, 1.82) is 0 Å². The fourth-order valence-electron chi connectivity index (χ4n) is 6.94. The van der Waals surface area contributed by atoms with Crippen LogP contribution in [0.2, 0.25) is 0 Å². The van der Waals surface area contributed by atoms with E-state index in [-0.39, 0.29) is 46.9 Å². The number of methoxy groups -OCH3 is 1. The van der Waals surface area contributed by atoms with Gasteiger partial charge in [0.05, 0.1) is 23.2 Å². The first-order valence-corrected chi connectivity index (χ1v) is 10.9. The van der Waals surface area contributed by atoms with Crippen molar-refractivity contribution < 1.29 is 29.3 Å². The summed E-state index contributed by atoms with van der Waals surface area (Å²) in [6.07, 6.45) is 0.215. The van der Waals surface area contributed by atoms with Gasteiger partial charge < -0.3 is 19.7 Å². The van der Waals surface area contributed by atoms with Gasteiger partial charge in [-0.1, -0.05) is 20.8 Å². The van der Waals surface area contributed by atoms with Crippen LogP contribution < -0.4 is 0 Å². The molecule has 29 heavy (non-hydrogen) atoms. The molecule has 0 spiro atoms. The Morgan fingerprint density at radius 2 is 1.76 bits per heavy atom. The average Bonchev–Trinajstić information content (AvgIpc) is 2.99. The number of aliphatic hydroxyl groups is 2. The van der Waals surface area contributed by atoms with E-state index in [2.05, 4.69) is 20.8 Å². The molecule has 0 aromatic heterocycles. The number of esters is 1. The molecule has 0 aromatic rings. The molecule has 0 radical (unpaired) electrons. The molecule has 9 atom stereocenters. The van der Waals surface area contributed by atoms with Crippen LogP contribution in [0.3, 0.4) is 0 Å². The number of ether oxygens (including phenoxy) is 2. The molecule has 0 bridgehead atoms. The van der Waals surface area contributed by atoms with Gasteiger partial charge in [0.25, 0.3) is 0 Å². The summed E-state index contributed by atoms with van der Waals surface area (Å²) in [5.74, 6) is -0.783. The minimum atomic E-state index is -1.31. The summed E-state index contributed by atoms with van der Waals surface area (Å²) in [4.78, 5) is 26.0. The molecule has 3 fully saturated rings. The van der Waals surface area contributed by atoms with Crippen LogP contribution >= 0.6 is 0 Å². The Kier molecular flexibility index (Phi) is 5.72. The zero-order chi connectivity index (χ0) is 21.9. The highest BCUT2D eigenvalue weighted by atomic mass is 16.5. The van der Waals surface area contributed by atoms with E-state index in [9.17, 15) is 19.8 Å². The lowest BCUT2D eigenvalue weighted by Gasteiger charge is -2.41. The van der Waals surface area contributed by atoms with Gasteiger partial charge >= 0.3 is 5.97 Å². The van der Waals surface area contributed by atoms with Crippen molar-refractivity contribution in [2.24, 2.45) is 34.5 Å². The Balaban J connectivity index is 2.14. The summed E-state index contributed by atoms with van der Waals surface area (Å²) in [7, 11) is 1.65. The Morgan fingerprint density at radius 1 is 1.14 bits per heavy atom. The maximum atomic E-state index is 14.1. The molecule has 6 heteroatoms. The van der Waals surface area contributed by atoms with Crippen LogP contribution in [-0.2, 0) is 19.1 Å². The van der Waals surface area contributed by atoms with E-state index in [0.717, 1.165) is 0 Å². The average molecular weight is 411 g/mol. The summed E-state index contributed by atoms with van der Waals surface area (Å²) in [6.45, 7) is 11.2. The van der Waals surface area contributed by atoms with E-state index in [1.54, 1.807) is 14.0 Å². The number of aliphatic hydroxyl groups excluding tert-OH is 1. The highest BCUT2D eigenvalue weighted by Crippen LogP contribution is 2.61. The van der Waals surface area contributed by atoms with E-state index in [0.29, 0.717) is 25.7 Å². The van der Waals surface area contributed by atoms with E-state index in [1.165, 1.54) is 6.92 Å². The van der Waals surface area contributed by atoms with Crippen molar-refractivity contribution >= 4 is 11.8 Å². The topological polar surface area (TPSA) is 93.1 Å². The molecule has 3 rings (SSSR count). The van der Waals surface area contributed by atoms with Crippen LogP contribution in [0.5, 0.6) is 0 Å². The number of rotatable bonds is 2. The molecule has 0 aliphatic heterocycles. The van der Waals surface area contributed by atoms with Gasteiger partial charge in [0.2, 0.25) is 0 Å². The van der Waals surface area contributed by atoms with Gasteiger partial charge in [0.15, 0.2) is 0 Å². The van der Waals surface area contributed by atoms with Gasteiger partial charge in [-0.05, 0) is 62.7 Å². The number of hydrogen-bond donors (Lipinski definition) is 2. The molecule has 0 amide bonds. The number of carbonyl (C=O) groups excluding carboxylic acids is 2. The summed E-state index contributed by atoms with van der Waals surface area (Å²) < 4.78 is 11.5. The molecule has 2 N–H and O–H groups in total. The highest BCUT2D eigenvalue weighted by Gasteiger charge is 2.65. The maximum Gasteiger partial charge on any atom is 0.302 e. The van der Waals surface area contributed by atoms with E-state index in [1.807, 2.05) is 6.92 Å². The second-order valence-corrected chi connectivity index (χ2v) is 11.0. The van der Waals surface area contributed by atoms with Gasteiger partial charge in [0.1, 0.15) is 11.9 Å². The molecule has 6 nitrogen and oxygen atoms in total. The van der Waals surface area contributed by atoms with E-state index in [4.69, 9.17) is 9.47 Å². The number of Topliss-reactive ketones (excluding diaryl/α,β-unsaturated/α-hetero) is 1. The number of ketones is 1. The minimum absolute atomic E-state index is 0.0978. The van der Waals surface area contributed by atoms with Gasteiger partial charge in [-0.25, -0.2) is 0 Å². The first-order valence-electron chi connectivity index (χ1n) is 10.9. The molecule has 0 unspecified atom stereocenters. The quantitative estimate of drug-likeness (QED) is 0.680.